The number of aliphatic carboxylic acids is 1. The average Bonchev–Trinajstić information content (AvgIpc) is 2.29. The van der Waals surface area contributed by atoms with Gasteiger partial charge < -0.3 is 14.7 Å². The van der Waals surface area contributed by atoms with E-state index in [1.54, 1.807) is 0 Å². The molecule has 0 saturated heterocycles. The third-order valence-electron chi connectivity index (χ3n) is 3.61. The van der Waals surface area contributed by atoms with Gasteiger partial charge in [0.25, 0.3) is 0 Å². The number of Topliss-reactive ketones (excluding diaryl/α,β-unsaturated/α-hetero) is 1. The Labute approximate surface area is 128 Å². The van der Waals surface area contributed by atoms with E-state index in [1.165, 1.54) is 0 Å². The summed E-state index contributed by atoms with van der Waals surface area (Å²) in [7, 11) is 5.51. The van der Waals surface area contributed by atoms with Crippen molar-refractivity contribution in [2.45, 2.75) is 58.0 Å². The van der Waals surface area contributed by atoms with Crippen molar-refractivity contribution in [2.75, 3.05) is 27.7 Å². The summed E-state index contributed by atoms with van der Waals surface area (Å²) in [6.07, 6.45) is 3.75. The van der Waals surface area contributed by atoms with Gasteiger partial charge >= 0.3 is 5.97 Å². The SMILES string of the molecule is CCCCC(C)CCC(=O)C(O)(CC(=O)O)C[N+](C)(C)C. The highest BCUT2D eigenvalue weighted by molar-refractivity contribution is 5.91. The summed E-state index contributed by atoms with van der Waals surface area (Å²) >= 11 is 0. The Kier molecular flexibility index (Phi) is 8.11. The largest absolute Gasteiger partial charge is 0.481 e. The van der Waals surface area contributed by atoms with E-state index in [2.05, 4.69) is 13.8 Å². The van der Waals surface area contributed by atoms with Crippen LogP contribution < -0.4 is 0 Å². The van der Waals surface area contributed by atoms with Crippen molar-refractivity contribution < 1.29 is 24.3 Å². The fourth-order valence-electron chi connectivity index (χ4n) is 2.58. The van der Waals surface area contributed by atoms with Crippen LogP contribution in [0.1, 0.15) is 52.4 Å². The highest BCUT2D eigenvalue weighted by Crippen LogP contribution is 2.22. The molecule has 0 aliphatic carbocycles. The molecule has 0 amide bonds. The summed E-state index contributed by atoms with van der Waals surface area (Å²) < 4.78 is 0.348. The third-order valence-corrected chi connectivity index (χ3v) is 3.61. The van der Waals surface area contributed by atoms with Crippen LogP contribution in [0, 0.1) is 5.92 Å². The molecule has 0 heterocycles. The molecule has 0 bridgehead atoms. The van der Waals surface area contributed by atoms with Gasteiger partial charge in [0.15, 0.2) is 11.4 Å². The maximum atomic E-state index is 12.3. The van der Waals surface area contributed by atoms with Gasteiger partial charge in [0.1, 0.15) is 6.54 Å². The molecule has 0 aromatic heterocycles. The number of rotatable bonds is 11. The van der Waals surface area contributed by atoms with E-state index in [0.29, 0.717) is 16.8 Å². The number of carbonyl (C=O) groups excluding carboxylic acids is 1. The van der Waals surface area contributed by atoms with Crippen molar-refractivity contribution in [1.29, 1.82) is 0 Å². The Morgan fingerprint density at radius 3 is 2.19 bits per heavy atom. The summed E-state index contributed by atoms with van der Waals surface area (Å²) in [6.45, 7) is 4.34. The molecule has 2 N–H and O–H groups in total. The van der Waals surface area contributed by atoms with Crippen molar-refractivity contribution >= 4 is 11.8 Å². The molecule has 2 atom stereocenters. The predicted octanol–water partition coefficient (Wildman–Crippen LogP) is 2.07. The fourth-order valence-corrected chi connectivity index (χ4v) is 2.58. The normalized spacial score (nSPS) is 16.3. The number of likely N-dealkylation sites (N-methyl/N-ethyl adjacent to an activating group) is 1. The average molecular weight is 302 g/mol. The second-order valence-electron chi connectivity index (χ2n) is 7.26. The van der Waals surface area contributed by atoms with Crippen LogP contribution in [0.4, 0.5) is 0 Å². The van der Waals surface area contributed by atoms with Crippen LogP contribution in [0.5, 0.6) is 0 Å². The molecule has 0 fully saturated rings. The van der Waals surface area contributed by atoms with Gasteiger partial charge in [-0.25, -0.2) is 0 Å². The Balaban J connectivity index is 4.69. The molecule has 0 aromatic rings. The maximum absolute atomic E-state index is 12.3. The van der Waals surface area contributed by atoms with Crippen LogP contribution in [0.2, 0.25) is 0 Å². The van der Waals surface area contributed by atoms with E-state index in [1.807, 2.05) is 21.1 Å². The van der Waals surface area contributed by atoms with E-state index in [0.717, 1.165) is 19.3 Å². The Hall–Kier alpha value is -0.940. The quantitative estimate of drug-likeness (QED) is 0.573. The third kappa shape index (κ3) is 8.83. The van der Waals surface area contributed by atoms with Gasteiger partial charge in [-0.15, -0.1) is 0 Å². The van der Waals surface area contributed by atoms with E-state index in [-0.39, 0.29) is 18.7 Å². The first-order valence-corrected chi connectivity index (χ1v) is 7.78. The fraction of sp³-hybridized carbons (Fsp3) is 0.875. The molecule has 0 rings (SSSR count). The Morgan fingerprint density at radius 1 is 1.19 bits per heavy atom. The summed E-state index contributed by atoms with van der Waals surface area (Å²) in [5.41, 5.74) is -1.77. The van der Waals surface area contributed by atoms with Crippen molar-refractivity contribution in [3.63, 3.8) is 0 Å². The second kappa shape index (κ2) is 8.49. The van der Waals surface area contributed by atoms with E-state index in [4.69, 9.17) is 5.11 Å². The van der Waals surface area contributed by atoms with Gasteiger partial charge in [0.2, 0.25) is 0 Å². The number of carboxylic acid groups (broad SMARTS) is 1. The van der Waals surface area contributed by atoms with Gasteiger partial charge in [0.05, 0.1) is 27.6 Å². The first kappa shape index (κ1) is 20.1. The molecule has 0 spiro atoms. The van der Waals surface area contributed by atoms with Crippen LogP contribution in [-0.2, 0) is 9.59 Å². The summed E-state index contributed by atoms with van der Waals surface area (Å²) in [5, 5.41) is 19.5. The first-order valence-electron chi connectivity index (χ1n) is 7.78. The summed E-state index contributed by atoms with van der Waals surface area (Å²) in [4.78, 5) is 23.3. The zero-order valence-electron chi connectivity index (χ0n) is 14.2. The van der Waals surface area contributed by atoms with Crippen LogP contribution in [-0.4, -0.2) is 59.7 Å². The van der Waals surface area contributed by atoms with Gasteiger partial charge in [-0.1, -0.05) is 33.1 Å². The number of unbranched alkanes of at least 4 members (excludes halogenated alkanes) is 1. The smallest absolute Gasteiger partial charge is 0.306 e. The number of carbonyl (C=O) groups is 2. The monoisotopic (exact) mass is 302 g/mol. The van der Waals surface area contributed by atoms with Gasteiger partial charge in [-0.2, -0.15) is 0 Å². The minimum absolute atomic E-state index is 0.113. The second-order valence-corrected chi connectivity index (χ2v) is 7.26. The van der Waals surface area contributed by atoms with Crippen LogP contribution in [0.3, 0.4) is 0 Å². The lowest BCUT2D eigenvalue weighted by molar-refractivity contribution is -0.875. The van der Waals surface area contributed by atoms with Gasteiger partial charge in [-0.3, -0.25) is 9.59 Å². The van der Waals surface area contributed by atoms with Crippen LogP contribution in [0.25, 0.3) is 0 Å². The van der Waals surface area contributed by atoms with Crippen molar-refractivity contribution in [3.05, 3.63) is 0 Å². The predicted molar refractivity (Wildman–Crippen MR) is 83.0 cm³/mol. The highest BCUT2D eigenvalue weighted by Gasteiger charge is 2.42. The summed E-state index contributed by atoms with van der Waals surface area (Å²) in [6, 6.07) is 0. The zero-order chi connectivity index (χ0) is 16.7. The zero-order valence-corrected chi connectivity index (χ0v) is 14.2. The van der Waals surface area contributed by atoms with E-state index in [9.17, 15) is 14.7 Å². The molecule has 0 saturated carbocycles. The van der Waals surface area contributed by atoms with Crippen LogP contribution >= 0.6 is 0 Å². The van der Waals surface area contributed by atoms with E-state index >= 15 is 0 Å². The molecule has 2 unspecified atom stereocenters. The summed E-state index contributed by atoms with van der Waals surface area (Å²) in [5.74, 6) is -1.06. The van der Waals surface area contributed by atoms with Crippen molar-refractivity contribution in [3.8, 4) is 0 Å². The molecule has 0 aliphatic rings. The minimum Gasteiger partial charge on any atom is -0.481 e. The Morgan fingerprint density at radius 2 is 1.76 bits per heavy atom. The lowest BCUT2D eigenvalue weighted by atomic mass is 9.87. The lowest BCUT2D eigenvalue weighted by Crippen LogP contribution is -2.54. The molecule has 21 heavy (non-hydrogen) atoms. The number of quaternary nitrogens is 1. The lowest BCUT2D eigenvalue weighted by Gasteiger charge is -2.34. The molecule has 124 valence electrons. The molecule has 0 aliphatic heterocycles. The number of ketones is 1. The van der Waals surface area contributed by atoms with Crippen molar-refractivity contribution in [1.82, 2.24) is 0 Å². The number of carboxylic acids is 1. The standard InChI is InChI=1S/C16H31NO4/c1-6-7-8-13(2)9-10-14(18)16(21,11-15(19)20)12-17(3,4)5/h13,21H,6-12H2,1-5H3/p+1. The minimum atomic E-state index is -1.77. The molecular weight excluding hydrogens is 270 g/mol. The molecular formula is C16H32NO4+. The molecule has 5 heteroatoms. The number of aliphatic hydroxyl groups is 1. The van der Waals surface area contributed by atoms with Crippen LogP contribution in [0.15, 0.2) is 0 Å². The topological polar surface area (TPSA) is 74.6 Å². The highest BCUT2D eigenvalue weighted by atomic mass is 16.4. The molecule has 5 nitrogen and oxygen atoms in total. The number of hydrogen-bond acceptors (Lipinski definition) is 3. The number of hydrogen-bond donors (Lipinski definition) is 2. The number of nitrogens with zero attached hydrogens (tertiary/aromatic N) is 1. The maximum Gasteiger partial charge on any atom is 0.306 e. The van der Waals surface area contributed by atoms with Gasteiger partial charge in [-0.05, 0) is 12.3 Å². The molecule has 0 radical (unpaired) electrons. The van der Waals surface area contributed by atoms with Crippen molar-refractivity contribution in [2.24, 2.45) is 5.92 Å². The Bertz CT molecular complexity index is 349. The first-order chi connectivity index (χ1) is 9.50. The van der Waals surface area contributed by atoms with E-state index < -0.39 is 18.0 Å². The van der Waals surface area contributed by atoms with Gasteiger partial charge in [0, 0.05) is 6.42 Å². The molecule has 0 aromatic carbocycles.